The fraction of sp³-hybridized carbons (Fsp3) is 0.429. The van der Waals surface area contributed by atoms with E-state index in [9.17, 15) is 18.0 Å². The Morgan fingerprint density at radius 3 is 2.82 bits per heavy atom. The third-order valence-corrected chi connectivity index (χ3v) is 4.99. The Morgan fingerprint density at radius 2 is 2.18 bits per heavy atom. The molecule has 0 spiro atoms. The highest BCUT2D eigenvalue weighted by atomic mass is 19.4. The van der Waals surface area contributed by atoms with Crippen molar-refractivity contribution < 1.29 is 22.7 Å². The Kier molecular flexibility index (Phi) is 6.03. The van der Waals surface area contributed by atoms with E-state index in [-0.39, 0.29) is 24.8 Å². The molecule has 1 N–H and O–H groups in total. The molecular weight excluding hydrogens is 369 g/mol. The molecule has 1 aromatic carbocycles. The van der Waals surface area contributed by atoms with Gasteiger partial charge in [-0.1, -0.05) is 24.3 Å². The Bertz CT molecular complexity index is 893. The number of ether oxygens (including phenoxy) is 1. The number of amides is 1. The number of alkyl halides is 3. The van der Waals surface area contributed by atoms with Crippen LogP contribution < -0.4 is 5.32 Å². The van der Waals surface area contributed by atoms with Gasteiger partial charge in [-0.05, 0) is 37.8 Å². The molecule has 0 unspecified atom stereocenters. The van der Waals surface area contributed by atoms with Crippen LogP contribution in [-0.2, 0) is 4.74 Å². The topological polar surface area (TPSA) is 51.2 Å². The second kappa shape index (κ2) is 8.31. The fourth-order valence-electron chi connectivity index (χ4n) is 3.52. The monoisotopic (exact) mass is 392 g/mol. The van der Waals surface area contributed by atoms with Crippen molar-refractivity contribution in [1.29, 1.82) is 0 Å². The zero-order valence-corrected chi connectivity index (χ0v) is 15.8. The lowest BCUT2D eigenvalue weighted by Crippen LogP contribution is -2.35. The van der Waals surface area contributed by atoms with Gasteiger partial charge >= 0.3 is 6.18 Å². The number of benzene rings is 1. The summed E-state index contributed by atoms with van der Waals surface area (Å²) in [6.07, 6.45) is -0.534. The molecule has 3 rings (SSSR count). The molecule has 1 amide bonds. The fourth-order valence-corrected chi connectivity index (χ4v) is 3.52. The molecule has 1 aromatic heterocycles. The second-order valence-electron chi connectivity index (χ2n) is 7.17. The number of fused-ring (bicyclic) bond motifs is 1. The molecule has 2 aromatic rings. The summed E-state index contributed by atoms with van der Waals surface area (Å²) < 4.78 is 43.7. The standard InChI is InChI=1S/C21H23F3N2O2/c1-13(12-28-2)26-20(27)16-10-15-4-3-5-18(19(15)25-11-16)14-6-8-17(9-7-14)21(22,23)24/h3-6,10-11,13,17H,7-9,12H2,1-2H3,(H,26,27)/t13-,17-/m1/s1. The molecule has 1 aliphatic rings. The predicted octanol–water partition coefficient (Wildman–Crippen LogP) is 4.75. The van der Waals surface area contributed by atoms with Crippen molar-refractivity contribution in [3.8, 4) is 0 Å². The number of rotatable bonds is 5. The first-order chi connectivity index (χ1) is 13.3. The lowest BCUT2D eigenvalue weighted by molar-refractivity contribution is -0.175. The molecule has 0 aliphatic heterocycles. The Hall–Kier alpha value is -2.41. The minimum Gasteiger partial charge on any atom is -0.383 e. The van der Waals surface area contributed by atoms with Crippen LogP contribution in [0.3, 0.4) is 0 Å². The highest BCUT2D eigenvalue weighted by Gasteiger charge is 2.39. The zero-order valence-electron chi connectivity index (χ0n) is 15.8. The van der Waals surface area contributed by atoms with Crippen LogP contribution in [0, 0.1) is 5.92 Å². The van der Waals surface area contributed by atoms with Gasteiger partial charge in [-0.3, -0.25) is 9.78 Å². The van der Waals surface area contributed by atoms with Crippen LogP contribution in [-0.4, -0.2) is 36.8 Å². The van der Waals surface area contributed by atoms with E-state index >= 15 is 0 Å². The number of halogens is 3. The van der Waals surface area contributed by atoms with Crippen molar-refractivity contribution >= 4 is 22.4 Å². The van der Waals surface area contributed by atoms with Crippen LogP contribution >= 0.6 is 0 Å². The van der Waals surface area contributed by atoms with E-state index in [1.165, 1.54) is 6.20 Å². The van der Waals surface area contributed by atoms with Crippen LogP contribution in [0.4, 0.5) is 13.2 Å². The average molecular weight is 392 g/mol. The van der Waals surface area contributed by atoms with Crippen LogP contribution in [0.2, 0.25) is 0 Å². The number of aromatic nitrogens is 1. The molecule has 150 valence electrons. The Labute approximate surface area is 161 Å². The van der Waals surface area contributed by atoms with Gasteiger partial charge in [0, 0.05) is 30.3 Å². The molecular formula is C21H23F3N2O2. The van der Waals surface area contributed by atoms with E-state index in [1.54, 1.807) is 19.3 Å². The molecule has 2 atom stereocenters. The molecule has 1 aliphatic carbocycles. The third-order valence-electron chi connectivity index (χ3n) is 4.99. The molecule has 0 saturated heterocycles. The van der Waals surface area contributed by atoms with Crippen molar-refractivity contribution in [3.63, 3.8) is 0 Å². The van der Waals surface area contributed by atoms with Crippen molar-refractivity contribution in [1.82, 2.24) is 10.3 Å². The summed E-state index contributed by atoms with van der Waals surface area (Å²) in [5.41, 5.74) is 2.84. The summed E-state index contributed by atoms with van der Waals surface area (Å²) in [6.45, 7) is 2.25. The molecule has 7 heteroatoms. The summed E-state index contributed by atoms with van der Waals surface area (Å²) in [5, 5.41) is 3.62. The normalized spacial score (nSPS) is 18.6. The van der Waals surface area contributed by atoms with Crippen molar-refractivity contribution in [2.45, 2.75) is 38.4 Å². The van der Waals surface area contributed by atoms with E-state index in [0.717, 1.165) is 16.5 Å². The summed E-state index contributed by atoms with van der Waals surface area (Å²) >= 11 is 0. The molecule has 0 saturated carbocycles. The lowest BCUT2D eigenvalue weighted by Gasteiger charge is -2.24. The van der Waals surface area contributed by atoms with Crippen LogP contribution in [0.15, 0.2) is 36.5 Å². The maximum Gasteiger partial charge on any atom is 0.392 e. The molecule has 28 heavy (non-hydrogen) atoms. The molecule has 0 fully saturated rings. The van der Waals surface area contributed by atoms with Gasteiger partial charge in [0.25, 0.3) is 5.91 Å². The summed E-state index contributed by atoms with van der Waals surface area (Å²) in [4.78, 5) is 16.8. The van der Waals surface area contributed by atoms with Crippen LogP contribution in [0.25, 0.3) is 16.5 Å². The number of hydrogen-bond acceptors (Lipinski definition) is 3. The van der Waals surface area contributed by atoms with E-state index in [0.29, 0.717) is 24.1 Å². The van der Waals surface area contributed by atoms with Crippen LogP contribution in [0.5, 0.6) is 0 Å². The number of nitrogens with one attached hydrogen (secondary N) is 1. The maximum absolute atomic E-state index is 12.9. The number of pyridine rings is 1. The highest BCUT2D eigenvalue weighted by molar-refractivity contribution is 5.99. The third kappa shape index (κ3) is 4.52. The second-order valence-corrected chi connectivity index (χ2v) is 7.17. The van der Waals surface area contributed by atoms with Crippen LogP contribution in [0.1, 0.15) is 42.1 Å². The summed E-state index contributed by atoms with van der Waals surface area (Å²) in [5.74, 6) is -1.52. The molecule has 1 heterocycles. The summed E-state index contributed by atoms with van der Waals surface area (Å²) in [6, 6.07) is 7.18. The van der Waals surface area contributed by atoms with Gasteiger partial charge in [-0.25, -0.2) is 0 Å². The highest BCUT2D eigenvalue weighted by Crippen LogP contribution is 2.40. The van der Waals surface area contributed by atoms with Crippen molar-refractivity contribution in [3.05, 3.63) is 47.7 Å². The Morgan fingerprint density at radius 1 is 1.39 bits per heavy atom. The molecule has 0 bridgehead atoms. The molecule has 4 nitrogen and oxygen atoms in total. The van der Waals surface area contributed by atoms with Gasteiger partial charge in [0.05, 0.1) is 23.6 Å². The first kappa shape index (κ1) is 20.3. The van der Waals surface area contributed by atoms with E-state index in [4.69, 9.17) is 4.74 Å². The minimum absolute atomic E-state index is 0.00685. The largest absolute Gasteiger partial charge is 0.392 e. The number of carbonyl (C=O) groups excluding carboxylic acids is 1. The van der Waals surface area contributed by atoms with Gasteiger partial charge in [-0.15, -0.1) is 0 Å². The van der Waals surface area contributed by atoms with Gasteiger partial charge < -0.3 is 10.1 Å². The number of para-hydroxylation sites is 1. The maximum atomic E-state index is 12.9. The van der Waals surface area contributed by atoms with Gasteiger partial charge in [0.1, 0.15) is 0 Å². The van der Waals surface area contributed by atoms with Gasteiger partial charge in [-0.2, -0.15) is 13.2 Å². The number of nitrogens with zero attached hydrogens (tertiary/aromatic N) is 1. The average Bonchev–Trinajstić information content (AvgIpc) is 2.66. The molecule has 0 radical (unpaired) electrons. The number of allylic oxidation sites excluding steroid dienone is 2. The minimum atomic E-state index is -4.15. The number of methoxy groups -OCH3 is 1. The smallest absolute Gasteiger partial charge is 0.383 e. The van der Waals surface area contributed by atoms with Crippen molar-refractivity contribution in [2.75, 3.05) is 13.7 Å². The SMILES string of the molecule is COC[C@@H](C)NC(=O)c1cnc2c(C3=CC[C@@H](C(F)(F)F)CC3)cccc2c1. The van der Waals surface area contributed by atoms with Gasteiger partial charge in [0.2, 0.25) is 0 Å². The van der Waals surface area contributed by atoms with E-state index in [2.05, 4.69) is 10.3 Å². The first-order valence-electron chi connectivity index (χ1n) is 9.24. The van der Waals surface area contributed by atoms with E-state index < -0.39 is 12.1 Å². The van der Waals surface area contributed by atoms with Gasteiger partial charge in [0.15, 0.2) is 0 Å². The number of hydrogen-bond donors (Lipinski definition) is 1. The van der Waals surface area contributed by atoms with E-state index in [1.807, 2.05) is 25.1 Å². The zero-order chi connectivity index (χ0) is 20.3. The summed E-state index contributed by atoms with van der Waals surface area (Å²) in [7, 11) is 1.57. The quantitative estimate of drug-likeness (QED) is 0.799. The Balaban J connectivity index is 1.85. The predicted molar refractivity (Wildman–Crippen MR) is 102 cm³/mol. The van der Waals surface area contributed by atoms with Crippen molar-refractivity contribution in [2.24, 2.45) is 5.92 Å². The first-order valence-corrected chi connectivity index (χ1v) is 9.24. The number of carbonyl (C=O) groups is 1. The lowest BCUT2D eigenvalue weighted by atomic mass is 9.85.